The lowest BCUT2D eigenvalue weighted by Gasteiger charge is -2.31. The number of anilines is 1. The van der Waals surface area contributed by atoms with Crippen LogP contribution in [0.4, 0.5) is 18.9 Å². The van der Waals surface area contributed by atoms with E-state index in [-0.39, 0.29) is 30.0 Å². The number of hydrogen-bond donors (Lipinski definition) is 0. The Balaban J connectivity index is 0.000000328. The molecule has 1 atom stereocenters. The van der Waals surface area contributed by atoms with Crippen molar-refractivity contribution in [1.82, 2.24) is 4.90 Å². The molecule has 2 aromatic rings. The van der Waals surface area contributed by atoms with Crippen LogP contribution in [-0.2, 0) is 19.1 Å². The van der Waals surface area contributed by atoms with E-state index < -0.39 is 18.0 Å². The molecule has 0 radical (unpaired) electrons. The van der Waals surface area contributed by atoms with Gasteiger partial charge in [0.15, 0.2) is 11.5 Å². The third kappa shape index (κ3) is 9.88. The highest BCUT2D eigenvalue weighted by Crippen LogP contribution is 2.45. The number of likely N-dealkylation sites (tertiary alicyclic amines) is 1. The fourth-order valence-corrected chi connectivity index (χ4v) is 5.80. The molecule has 2 aliphatic heterocycles. The van der Waals surface area contributed by atoms with Crippen LogP contribution in [0.3, 0.4) is 0 Å². The molecule has 4 rings (SSSR count). The number of carbonyl (C=O) groups excluding carboxylic acids is 2. The van der Waals surface area contributed by atoms with Gasteiger partial charge in [-0.3, -0.25) is 19.5 Å². The molecule has 0 bridgehead atoms. The van der Waals surface area contributed by atoms with Gasteiger partial charge in [0.1, 0.15) is 24.2 Å². The summed E-state index contributed by atoms with van der Waals surface area (Å²) in [5.74, 6) is 1.50. The van der Waals surface area contributed by atoms with E-state index in [2.05, 4.69) is 11.6 Å². The van der Waals surface area contributed by atoms with Crippen LogP contribution in [0.1, 0.15) is 70.1 Å². The number of amides is 1. The second-order valence-electron chi connectivity index (χ2n) is 11.2. The Bertz CT molecular complexity index is 1440. The number of piperidine rings is 1. The number of benzene rings is 2. The van der Waals surface area contributed by atoms with Gasteiger partial charge in [-0.15, -0.1) is 0 Å². The number of fused-ring (bicyclic) bond motifs is 1. The number of ether oxygens (including phenoxy) is 4. The summed E-state index contributed by atoms with van der Waals surface area (Å²) >= 11 is 6.25. The molecule has 1 fully saturated rings. The highest BCUT2D eigenvalue weighted by atomic mass is 35.5. The predicted octanol–water partition coefficient (Wildman–Crippen LogP) is 7.76. The first kappa shape index (κ1) is 38.7. The van der Waals surface area contributed by atoms with Crippen molar-refractivity contribution >= 4 is 35.0 Å². The number of hydrogen-bond acceptors (Lipinski definition) is 7. The van der Waals surface area contributed by atoms with Crippen molar-refractivity contribution in [1.29, 1.82) is 0 Å². The van der Waals surface area contributed by atoms with Crippen LogP contribution in [0.15, 0.2) is 53.7 Å². The molecule has 264 valence electrons. The number of alkyl halides is 3. The standard InChI is InChI=1S/C23H24ClF3N2O3.C12H21NO3/c1-5-11-28-20-13-32-21(16-7-6-8-19(30-3)22(16)31-4)17-12-15(24)9-10-18(17)29(20)14(2)23(25,26)27;1-3-11(14)13-7-5-10(6-8-13)9-12(15)16-4-2/h6-10,12,21H,2,5,11,13H2,1,3-4H3;10H,3-9H2,1-2H3. The molecule has 13 heteroatoms. The minimum absolute atomic E-state index is 0.109. The normalized spacial score (nSPS) is 17.5. The Hall–Kier alpha value is -3.77. The van der Waals surface area contributed by atoms with Gasteiger partial charge in [-0.2, -0.15) is 13.2 Å². The van der Waals surface area contributed by atoms with Gasteiger partial charge in [-0.1, -0.05) is 44.2 Å². The maximum absolute atomic E-state index is 13.8. The lowest BCUT2D eigenvalue weighted by molar-refractivity contribution is -0.144. The number of rotatable bonds is 10. The Morgan fingerprint density at radius 1 is 1.06 bits per heavy atom. The molecule has 0 aromatic heterocycles. The van der Waals surface area contributed by atoms with Gasteiger partial charge in [0.2, 0.25) is 5.91 Å². The molecule has 1 saturated heterocycles. The van der Waals surface area contributed by atoms with Crippen molar-refractivity contribution < 1.29 is 41.7 Å². The van der Waals surface area contributed by atoms with Crippen molar-refractivity contribution in [2.75, 3.05) is 52.0 Å². The van der Waals surface area contributed by atoms with Crippen molar-refractivity contribution in [2.45, 2.75) is 65.2 Å². The molecule has 2 aliphatic rings. The van der Waals surface area contributed by atoms with Gasteiger partial charge < -0.3 is 23.8 Å². The smallest absolute Gasteiger partial charge is 0.431 e. The van der Waals surface area contributed by atoms with Crippen LogP contribution in [0.2, 0.25) is 5.02 Å². The fourth-order valence-electron chi connectivity index (χ4n) is 5.62. The van der Waals surface area contributed by atoms with Gasteiger partial charge in [0.25, 0.3) is 0 Å². The summed E-state index contributed by atoms with van der Waals surface area (Å²) in [6, 6.07) is 9.88. The van der Waals surface area contributed by atoms with Gasteiger partial charge in [-0.25, -0.2) is 0 Å². The number of esters is 1. The maximum atomic E-state index is 13.8. The largest absolute Gasteiger partial charge is 0.493 e. The Kier molecular flexibility index (Phi) is 14.6. The Morgan fingerprint density at radius 3 is 2.35 bits per heavy atom. The van der Waals surface area contributed by atoms with E-state index in [1.807, 2.05) is 25.7 Å². The lowest BCUT2D eigenvalue weighted by Crippen LogP contribution is -2.38. The SMILES string of the molecule is C=C(N1C(=NCCC)COC(c2cccc(OC)c2OC)c2cc(Cl)ccc21)C(F)(F)F.CCOC(=O)CC1CCN(C(=O)CC)CC1. The summed E-state index contributed by atoms with van der Waals surface area (Å²) in [6.45, 7) is 11.1. The molecule has 1 amide bonds. The van der Waals surface area contributed by atoms with Crippen molar-refractivity contribution in [3.8, 4) is 11.5 Å². The highest BCUT2D eigenvalue weighted by molar-refractivity contribution is 6.30. The number of para-hydroxylation sites is 1. The molecular weight excluding hydrogens is 651 g/mol. The second kappa shape index (κ2) is 18.1. The minimum atomic E-state index is -4.67. The van der Waals surface area contributed by atoms with Crippen molar-refractivity contribution in [2.24, 2.45) is 10.9 Å². The number of aliphatic imine (C=N–C) groups is 1. The quantitative estimate of drug-likeness (QED) is 0.235. The summed E-state index contributed by atoms with van der Waals surface area (Å²) in [5, 5.41) is 0.353. The monoisotopic (exact) mass is 695 g/mol. The summed E-state index contributed by atoms with van der Waals surface area (Å²) in [4.78, 5) is 30.0. The van der Waals surface area contributed by atoms with E-state index in [1.54, 1.807) is 24.3 Å². The van der Waals surface area contributed by atoms with E-state index in [1.165, 1.54) is 26.4 Å². The van der Waals surface area contributed by atoms with E-state index in [4.69, 9.17) is 30.5 Å². The number of halogens is 4. The number of allylic oxidation sites excluding steroid dienone is 1. The van der Waals surface area contributed by atoms with Crippen LogP contribution in [-0.4, -0.2) is 75.9 Å². The highest BCUT2D eigenvalue weighted by Gasteiger charge is 2.41. The van der Waals surface area contributed by atoms with Gasteiger partial charge >= 0.3 is 12.1 Å². The molecule has 1 unspecified atom stereocenters. The summed E-state index contributed by atoms with van der Waals surface area (Å²) < 4.78 is 63.3. The summed E-state index contributed by atoms with van der Waals surface area (Å²) in [7, 11) is 2.99. The summed E-state index contributed by atoms with van der Waals surface area (Å²) in [5.41, 5.74) is 0.192. The second-order valence-corrected chi connectivity index (χ2v) is 11.7. The van der Waals surface area contributed by atoms with Gasteiger partial charge in [-0.05, 0) is 56.4 Å². The molecule has 0 N–H and O–H groups in total. The molecule has 0 spiro atoms. The predicted molar refractivity (Wildman–Crippen MR) is 180 cm³/mol. The van der Waals surface area contributed by atoms with Crippen LogP contribution in [0.25, 0.3) is 0 Å². The molecular formula is C35H45ClF3N3O6. The average molecular weight is 696 g/mol. The lowest BCUT2D eigenvalue weighted by atomic mass is 9.93. The van der Waals surface area contributed by atoms with Crippen LogP contribution < -0.4 is 14.4 Å². The molecule has 2 aromatic carbocycles. The molecule has 0 aliphatic carbocycles. The molecule has 0 saturated carbocycles. The maximum Gasteiger partial charge on any atom is 0.431 e. The van der Waals surface area contributed by atoms with Crippen LogP contribution >= 0.6 is 11.6 Å². The van der Waals surface area contributed by atoms with Gasteiger partial charge in [0.05, 0.1) is 26.5 Å². The Labute approximate surface area is 285 Å². The number of methoxy groups -OCH3 is 2. The number of nitrogens with zero attached hydrogens (tertiary/aromatic N) is 3. The summed E-state index contributed by atoms with van der Waals surface area (Å²) in [6.07, 6.45) is -1.88. The molecule has 9 nitrogen and oxygen atoms in total. The number of carbonyl (C=O) groups is 2. The third-order valence-electron chi connectivity index (χ3n) is 8.01. The van der Waals surface area contributed by atoms with Crippen LogP contribution in [0, 0.1) is 5.92 Å². The van der Waals surface area contributed by atoms with Crippen molar-refractivity contribution in [3.63, 3.8) is 0 Å². The van der Waals surface area contributed by atoms with Crippen molar-refractivity contribution in [3.05, 3.63) is 64.8 Å². The zero-order valence-electron chi connectivity index (χ0n) is 28.2. The fraction of sp³-hybridized carbons (Fsp3) is 0.514. The van der Waals surface area contributed by atoms with Gasteiger partial charge in [0, 0.05) is 48.6 Å². The van der Waals surface area contributed by atoms with E-state index in [0.717, 1.165) is 30.8 Å². The van der Waals surface area contributed by atoms with E-state index in [9.17, 15) is 22.8 Å². The average Bonchev–Trinajstić information content (AvgIpc) is 3.22. The third-order valence-corrected chi connectivity index (χ3v) is 8.25. The minimum Gasteiger partial charge on any atom is -0.493 e. The molecule has 48 heavy (non-hydrogen) atoms. The van der Waals surface area contributed by atoms with E-state index in [0.29, 0.717) is 66.0 Å². The number of amidine groups is 1. The molecule has 2 heterocycles. The first-order valence-electron chi connectivity index (χ1n) is 16.0. The zero-order chi connectivity index (χ0) is 35.4. The zero-order valence-corrected chi connectivity index (χ0v) is 29.0. The first-order valence-corrected chi connectivity index (χ1v) is 16.4. The van der Waals surface area contributed by atoms with Crippen LogP contribution in [0.5, 0.6) is 11.5 Å². The first-order chi connectivity index (χ1) is 22.9. The Morgan fingerprint density at radius 2 is 1.77 bits per heavy atom. The van der Waals surface area contributed by atoms with E-state index >= 15 is 0 Å². The topological polar surface area (TPSA) is 89.9 Å².